The van der Waals surface area contributed by atoms with E-state index in [0.717, 1.165) is 14.3 Å². The zero-order chi connectivity index (χ0) is 24.0. The second kappa shape index (κ2) is 10.7. The first-order valence-electron chi connectivity index (χ1n) is 10.0. The first kappa shape index (κ1) is 24.6. The Labute approximate surface area is 200 Å². The van der Waals surface area contributed by atoms with Crippen molar-refractivity contribution >= 4 is 43.2 Å². The molecule has 3 aromatic rings. The molecule has 0 aliphatic carbocycles. The average molecular weight is 532 g/mol. The van der Waals surface area contributed by atoms with Crippen LogP contribution in [0.3, 0.4) is 0 Å². The zero-order valence-electron chi connectivity index (χ0n) is 17.8. The summed E-state index contributed by atoms with van der Waals surface area (Å²) in [5.41, 5.74) is 1.65. The lowest BCUT2D eigenvalue weighted by atomic mass is 10.1. The number of nitrogens with zero attached hydrogens (tertiary/aromatic N) is 2. The molecule has 1 N–H and O–H groups in total. The molecule has 0 aliphatic heterocycles. The predicted molar refractivity (Wildman–Crippen MR) is 130 cm³/mol. The van der Waals surface area contributed by atoms with Crippen LogP contribution in [0, 0.1) is 17.0 Å². The first-order valence-corrected chi connectivity index (χ1v) is 12.2. The fraction of sp³-hybridized carbons (Fsp3) is 0.174. The van der Waals surface area contributed by atoms with E-state index >= 15 is 0 Å². The number of aryl methyl sites for hydroxylation is 1. The van der Waals surface area contributed by atoms with E-state index in [1.165, 1.54) is 30.3 Å². The van der Waals surface area contributed by atoms with Gasteiger partial charge in [0.25, 0.3) is 5.69 Å². The molecule has 10 heteroatoms. The van der Waals surface area contributed by atoms with Crippen LogP contribution in [0.4, 0.5) is 11.4 Å². The molecule has 0 aromatic heterocycles. The Morgan fingerprint density at radius 3 is 2.36 bits per heavy atom. The molecule has 0 saturated heterocycles. The summed E-state index contributed by atoms with van der Waals surface area (Å²) >= 11 is 3.29. The van der Waals surface area contributed by atoms with E-state index in [9.17, 15) is 23.3 Å². The highest BCUT2D eigenvalue weighted by Gasteiger charge is 2.27. The Morgan fingerprint density at radius 1 is 1.06 bits per heavy atom. The number of halogens is 1. The van der Waals surface area contributed by atoms with E-state index in [1.54, 1.807) is 19.1 Å². The number of hydrogen-bond acceptors (Lipinski definition) is 5. The van der Waals surface area contributed by atoms with Crippen LogP contribution in [0.25, 0.3) is 0 Å². The molecule has 0 heterocycles. The highest BCUT2D eigenvalue weighted by Crippen LogP contribution is 2.23. The molecule has 0 bridgehead atoms. The molecule has 0 spiro atoms. The third-order valence-electron chi connectivity index (χ3n) is 4.97. The Hall–Kier alpha value is -3.08. The number of benzene rings is 3. The number of nitrogens with one attached hydrogen (secondary N) is 1. The maximum atomic E-state index is 13.3. The second-order valence-electron chi connectivity index (χ2n) is 7.33. The smallest absolute Gasteiger partial charge is 0.271 e. The number of nitro groups is 1. The van der Waals surface area contributed by atoms with E-state index in [2.05, 4.69) is 21.2 Å². The fourth-order valence-corrected chi connectivity index (χ4v) is 4.81. The maximum absolute atomic E-state index is 13.3. The highest BCUT2D eigenvalue weighted by atomic mass is 79.9. The quantitative estimate of drug-likeness (QED) is 0.322. The summed E-state index contributed by atoms with van der Waals surface area (Å²) in [6.45, 7) is 1.35. The summed E-state index contributed by atoms with van der Waals surface area (Å²) in [6, 6.07) is 19.7. The molecule has 3 aromatic carbocycles. The number of nitro benzene ring substituents is 1. The van der Waals surface area contributed by atoms with Gasteiger partial charge in [0.1, 0.15) is 0 Å². The van der Waals surface area contributed by atoms with Gasteiger partial charge in [-0.25, -0.2) is 8.42 Å². The zero-order valence-corrected chi connectivity index (χ0v) is 20.2. The van der Waals surface area contributed by atoms with Crippen molar-refractivity contribution in [1.29, 1.82) is 0 Å². The van der Waals surface area contributed by atoms with Crippen molar-refractivity contribution in [3.8, 4) is 0 Å². The van der Waals surface area contributed by atoms with Crippen molar-refractivity contribution in [1.82, 2.24) is 4.31 Å². The van der Waals surface area contributed by atoms with E-state index in [4.69, 9.17) is 0 Å². The van der Waals surface area contributed by atoms with Gasteiger partial charge in [0, 0.05) is 23.2 Å². The average Bonchev–Trinajstić information content (AvgIpc) is 2.78. The molecule has 8 nitrogen and oxygen atoms in total. The summed E-state index contributed by atoms with van der Waals surface area (Å²) in [5.74, 6) is -0.590. The SMILES string of the molecule is Cc1ccc([N+](=O)[O-])cc1NC(=O)CN(CCc1ccccc1)S(=O)(=O)c1ccc(Br)cc1. The molecule has 0 fully saturated rings. The van der Waals surface area contributed by atoms with Crippen molar-refractivity contribution in [3.63, 3.8) is 0 Å². The number of carbonyl (C=O) groups is 1. The summed E-state index contributed by atoms with van der Waals surface area (Å²) in [7, 11) is -3.96. The Balaban J connectivity index is 1.84. The second-order valence-corrected chi connectivity index (χ2v) is 10.2. The van der Waals surface area contributed by atoms with Crippen LogP contribution in [0.2, 0.25) is 0 Å². The van der Waals surface area contributed by atoms with Gasteiger partial charge >= 0.3 is 0 Å². The van der Waals surface area contributed by atoms with Crippen LogP contribution in [0.1, 0.15) is 11.1 Å². The minimum Gasteiger partial charge on any atom is -0.324 e. The summed E-state index contributed by atoms with van der Waals surface area (Å²) in [5, 5.41) is 13.7. The molecule has 0 unspecified atom stereocenters. The molecule has 3 rings (SSSR count). The lowest BCUT2D eigenvalue weighted by Gasteiger charge is -2.22. The molecular formula is C23H22BrN3O5S. The molecular weight excluding hydrogens is 510 g/mol. The molecule has 0 aliphatic rings. The van der Waals surface area contributed by atoms with Crippen molar-refractivity contribution in [3.05, 3.63) is 98.5 Å². The lowest BCUT2D eigenvalue weighted by molar-refractivity contribution is -0.384. The largest absolute Gasteiger partial charge is 0.324 e. The van der Waals surface area contributed by atoms with Gasteiger partial charge in [0.15, 0.2) is 0 Å². The number of sulfonamides is 1. The monoisotopic (exact) mass is 531 g/mol. The number of non-ortho nitro benzene ring substituents is 1. The van der Waals surface area contributed by atoms with Crippen LogP contribution in [-0.2, 0) is 21.2 Å². The van der Waals surface area contributed by atoms with E-state index < -0.39 is 27.4 Å². The van der Waals surface area contributed by atoms with Crippen LogP contribution >= 0.6 is 15.9 Å². The minimum atomic E-state index is -3.96. The van der Waals surface area contributed by atoms with Crippen LogP contribution in [0.15, 0.2) is 82.2 Å². The topological polar surface area (TPSA) is 110 Å². The minimum absolute atomic E-state index is 0.0677. The molecule has 0 atom stereocenters. The number of amides is 1. The van der Waals surface area contributed by atoms with E-state index in [-0.39, 0.29) is 22.8 Å². The number of hydrogen-bond donors (Lipinski definition) is 1. The van der Waals surface area contributed by atoms with Crippen LogP contribution < -0.4 is 5.32 Å². The summed E-state index contributed by atoms with van der Waals surface area (Å²) in [4.78, 5) is 23.4. The van der Waals surface area contributed by atoms with Gasteiger partial charge in [-0.05, 0) is 48.7 Å². The number of rotatable bonds is 9. The number of carbonyl (C=O) groups excluding carboxylic acids is 1. The molecule has 0 radical (unpaired) electrons. The van der Waals surface area contributed by atoms with Crippen LogP contribution in [-0.4, -0.2) is 36.6 Å². The van der Waals surface area contributed by atoms with E-state index in [0.29, 0.717) is 12.0 Å². The standard InChI is InChI=1S/C23H22BrN3O5S/c1-17-7-10-20(27(29)30)15-22(17)25-23(28)16-26(14-13-18-5-3-2-4-6-18)33(31,32)21-11-8-19(24)9-12-21/h2-12,15H,13-14,16H2,1H3,(H,25,28). The summed E-state index contributed by atoms with van der Waals surface area (Å²) in [6.07, 6.45) is 0.416. The van der Waals surface area contributed by atoms with Crippen molar-refractivity contribution in [2.75, 3.05) is 18.4 Å². The predicted octanol–water partition coefficient (Wildman–Crippen LogP) is 4.54. The molecule has 33 heavy (non-hydrogen) atoms. The Kier molecular flexibility index (Phi) is 7.96. The fourth-order valence-electron chi connectivity index (χ4n) is 3.15. The molecule has 0 saturated carbocycles. The van der Waals surface area contributed by atoms with Crippen molar-refractivity contribution in [2.24, 2.45) is 0 Å². The van der Waals surface area contributed by atoms with Crippen molar-refractivity contribution in [2.45, 2.75) is 18.2 Å². The first-order chi connectivity index (χ1) is 15.7. The lowest BCUT2D eigenvalue weighted by Crippen LogP contribution is -2.39. The molecule has 172 valence electrons. The summed E-state index contributed by atoms with van der Waals surface area (Å²) < 4.78 is 28.5. The third kappa shape index (κ3) is 6.47. The van der Waals surface area contributed by atoms with Gasteiger partial charge < -0.3 is 5.32 Å². The highest BCUT2D eigenvalue weighted by molar-refractivity contribution is 9.10. The van der Waals surface area contributed by atoms with Gasteiger partial charge in [-0.3, -0.25) is 14.9 Å². The normalized spacial score (nSPS) is 11.4. The third-order valence-corrected chi connectivity index (χ3v) is 7.36. The van der Waals surface area contributed by atoms with Gasteiger partial charge in [-0.15, -0.1) is 0 Å². The maximum Gasteiger partial charge on any atom is 0.271 e. The van der Waals surface area contributed by atoms with Gasteiger partial charge in [-0.1, -0.05) is 52.3 Å². The van der Waals surface area contributed by atoms with Gasteiger partial charge in [-0.2, -0.15) is 4.31 Å². The number of anilines is 1. The van der Waals surface area contributed by atoms with Crippen LogP contribution in [0.5, 0.6) is 0 Å². The van der Waals surface area contributed by atoms with Crippen molar-refractivity contribution < 1.29 is 18.1 Å². The van der Waals surface area contributed by atoms with E-state index in [1.807, 2.05) is 30.3 Å². The molecule has 1 amide bonds. The Bertz CT molecular complexity index is 1250. The Morgan fingerprint density at radius 2 is 1.73 bits per heavy atom. The van der Waals surface area contributed by atoms with Gasteiger partial charge in [0.05, 0.1) is 22.1 Å². The van der Waals surface area contributed by atoms with Gasteiger partial charge in [0.2, 0.25) is 15.9 Å².